The minimum atomic E-state index is 0.223. The van der Waals surface area contributed by atoms with Gasteiger partial charge in [0.2, 0.25) is 0 Å². The lowest BCUT2D eigenvalue weighted by Crippen LogP contribution is -2.34. The zero-order valence-electron chi connectivity index (χ0n) is 31.5. The average molecular weight is 731 g/mol. The third-order valence-electron chi connectivity index (χ3n) is 11.6. The van der Waals surface area contributed by atoms with E-state index in [1.54, 1.807) is 0 Å². The topological polar surface area (TPSA) is 35.6 Å². The fourth-order valence-corrected chi connectivity index (χ4v) is 8.89. The molecule has 1 aliphatic rings. The summed E-state index contributed by atoms with van der Waals surface area (Å²) in [4.78, 5) is 10.1. The summed E-state index contributed by atoms with van der Waals surface area (Å²) in [5.41, 5.74) is 12.2. The van der Waals surface area contributed by atoms with Crippen LogP contribution in [0.15, 0.2) is 188 Å². The van der Waals surface area contributed by atoms with Crippen LogP contribution < -0.4 is 10.6 Å². The molecular weight excluding hydrogens is 693 g/mol. The van der Waals surface area contributed by atoms with E-state index in [9.17, 15) is 0 Å². The van der Waals surface area contributed by atoms with Crippen LogP contribution in [0.2, 0.25) is 0 Å². The molecular formula is C53H38N4. The number of para-hydroxylation sites is 3. The van der Waals surface area contributed by atoms with E-state index in [2.05, 4.69) is 192 Å². The molecule has 0 saturated heterocycles. The maximum Gasteiger partial charge on any atom is 0.160 e. The summed E-state index contributed by atoms with van der Waals surface area (Å²) in [6.07, 6.45) is 4.99. The molecule has 1 aliphatic carbocycles. The van der Waals surface area contributed by atoms with Crippen molar-refractivity contribution in [3.8, 4) is 45.3 Å². The van der Waals surface area contributed by atoms with Crippen molar-refractivity contribution in [1.82, 2.24) is 19.1 Å². The van der Waals surface area contributed by atoms with E-state index in [0.717, 1.165) is 33.8 Å². The predicted octanol–water partition coefficient (Wildman–Crippen LogP) is 11.5. The number of benzene rings is 7. The molecule has 0 spiro atoms. The quantitative estimate of drug-likeness (QED) is 0.171. The molecule has 0 radical (unpaired) electrons. The van der Waals surface area contributed by atoms with Gasteiger partial charge in [0.15, 0.2) is 5.82 Å². The van der Waals surface area contributed by atoms with Gasteiger partial charge < -0.3 is 9.13 Å². The molecule has 7 aromatic carbocycles. The van der Waals surface area contributed by atoms with Crippen molar-refractivity contribution < 1.29 is 0 Å². The first kappa shape index (κ1) is 33.1. The van der Waals surface area contributed by atoms with E-state index >= 15 is 0 Å². The van der Waals surface area contributed by atoms with Gasteiger partial charge in [0, 0.05) is 55.4 Å². The van der Waals surface area contributed by atoms with E-state index < -0.39 is 0 Å². The molecule has 0 aliphatic heterocycles. The standard InChI is InChI=1S/C53H38N4/c1-35-31-51-46(43-22-12-14-24-50(43)56(51)40-19-9-4-10-20-40)33-45(35)39-27-30-44-42-21-11-13-23-49(42)57(52(44)32-39)41-28-25-37(26-29-41)48-34-47(36-15-5-2-6-16-36)54-53(55-48)38-17-7-3-8-18-38/h2-35,45H,1H3. The van der Waals surface area contributed by atoms with Gasteiger partial charge in [-0.2, -0.15) is 0 Å². The number of hydrogen-bond donors (Lipinski definition) is 0. The summed E-state index contributed by atoms with van der Waals surface area (Å²) in [5.74, 6) is 1.24. The van der Waals surface area contributed by atoms with E-state index in [1.807, 2.05) is 24.3 Å². The molecule has 2 atom stereocenters. The highest BCUT2D eigenvalue weighted by Gasteiger charge is 2.23. The van der Waals surface area contributed by atoms with Gasteiger partial charge in [-0.15, -0.1) is 0 Å². The van der Waals surface area contributed by atoms with Gasteiger partial charge in [-0.25, -0.2) is 9.97 Å². The molecule has 3 aromatic heterocycles. The highest BCUT2D eigenvalue weighted by molar-refractivity contribution is 6.09. The number of nitrogens with zero attached hydrogens (tertiary/aromatic N) is 4. The molecule has 0 N–H and O–H groups in total. The molecule has 0 bridgehead atoms. The van der Waals surface area contributed by atoms with Crippen LogP contribution >= 0.6 is 0 Å². The minimum absolute atomic E-state index is 0.223. The highest BCUT2D eigenvalue weighted by Crippen LogP contribution is 2.38. The van der Waals surface area contributed by atoms with Crippen molar-refractivity contribution in [2.45, 2.75) is 12.8 Å². The smallest absolute Gasteiger partial charge is 0.160 e. The van der Waals surface area contributed by atoms with E-state index in [4.69, 9.17) is 9.97 Å². The second-order valence-electron chi connectivity index (χ2n) is 15.1. The number of aromatic nitrogens is 4. The van der Waals surface area contributed by atoms with Crippen LogP contribution in [-0.2, 0) is 0 Å². The van der Waals surface area contributed by atoms with E-state index in [-0.39, 0.29) is 5.92 Å². The number of fused-ring (bicyclic) bond motifs is 6. The molecule has 11 rings (SSSR count). The third-order valence-corrected chi connectivity index (χ3v) is 11.6. The molecule has 0 fully saturated rings. The molecule has 0 saturated carbocycles. The number of hydrogen-bond acceptors (Lipinski definition) is 2. The van der Waals surface area contributed by atoms with Gasteiger partial charge in [0.25, 0.3) is 0 Å². The van der Waals surface area contributed by atoms with Crippen LogP contribution in [0.4, 0.5) is 0 Å². The Morgan fingerprint density at radius 1 is 0.421 bits per heavy atom. The highest BCUT2D eigenvalue weighted by atomic mass is 15.0. The first-order valence-corrected chi connectivity index (χ1v) is 19.7. The molecule has 57 heavy (non-hydrogen) atoms. The van der Waals surface area contributed by atoms with Gasteiger partial charge in [-0.3, -0.25) is 0 Å². The lowest BCUT2D eigenvalue weighted by Gasteiger charge is -2.22. The zero-order chi connectivity index (χ0) is 37.9. The fourth-order valence-electron chi connectivity index (χ4n) is 8.89. The van der Waals surface area contributed by atoms with Crippen molar-refractivity contribution in [3.05, 3.63) is 204 Å². The van der Waals surface area contributed by atoms with Gasteiger partial charge in [0.05, 0.1) is 33.3 Å². The van der Waals surface area contributed by atoms with Crippen LogP contribution in [0.3, 0.4) is 0 Å². The minimum Gasteiger partial charge on any atom is -0.310 e. The van der Waals surface area contributed by atoms with Gasteiger partial charge in [-0.1, -0.05) is 159 Å². The Hall–Kier alpha value is -7.30. The zero-order valence-corrected chi connectivity index (χ0v) is 31.5. The van der Waals surface area contributed by atoms with Crippen LogP contribution in [0.1, 0.15) is 18.4 Å². The third kappa shape index (κ3) is 5.60. The van der Waals surface area contributed by atoms with Crippen LogP contribution in [0.5, 0.6) is 0 Å². The molecule has 4 nitrogen and oxygen atoms in total. The summed E-state index contributed by atoms with van der Waals surface area (Å²) < 4.78 is 4.84. The van der Waals surface area contributed by atoms with Crippen molar-refractivity contribution >= 4 is 44.9 Å². The molecule has 270 valence electrons. The lowest BCUT2D eigenvalue weighted by atomic mass is 9.83. The Morgan fingerprint density at radius 2 is 0.965 bits per heavy atom. The summed E-state index contributed by atoms with van der Waals surface area (Å²) in [6, 6.07) is 66.9. The van der Waals surface area contributed by atoms with Crippen LogP contribution in [-0.4, -0.2) is 19.1 Å². The second-order valence-corrected chi connectivity index (χ2v) is 15.1. The van der Waals surface area contributed by atoms with Crippen molar-refractivity contribution in [2.24, 2.45) is 5.92 Å². The maximum absolute atomic E-state index is 5.09. The van der Waals surface area contributed by atoms with Crippen molar-refractivity contribution in [1.29, 1.82) is 0 Å². The molecule has 10 aromatic rings. The van der Waals surface area contributed by atoms with Crippen LogP contribution in [0, 0.1) is 5.92 Å². The average Bonchev–Trinajstić information content (AvgIpc) is 3.78. The van der Waals surface area contributed by atoms with Gasteiger partial charge in [-0.05, 0) is 60.0 Å². The van der Waals surface area contributed by atoms with Gasteiger partial charge >= 0.3 is 0 Å². The Balaban J connectivity index is 1.03. The first-order valence-electron chi connectivity index (χ1n) is 19.7. The maximum atomic E-state index is 5.09. The molecule has 0 amide bonds. The normalized spacial score (nSPS) is 15.0. The Kier molecular flexibility index (Phi) is 7.82. The second kappa shape index (κ2) is 13.5. The lowest BCUT2D eigenvalue weighted by molar-refractivity contribution is 0.690. The predicted molar refractivity (Wildman–Crippen MR) is 236 cm³/mol. The SMILES string of the molecule is CC1C=c2c(c3ccccc3n2-c2ccccc2)=CC1c1ccc2c3ccccc3n(-c3ccc(-c4cc(-c5ccccc5)nc(-c5ccccc5)n4)cc3)c2c1. The monoisotopic (exact) mass is 730 g/mol. The Morgan fingerprint density at radius 3 is 1.67 bits per heavy atom. The number of rotatable bonds is 6. The summed E-state index contributed by atoms with van der Waals surface area (Å²) in [6.45, 7) is 2.36. The summed E-state index contributed by atoms with van der Waals surface area (Å²) in [7, 11) is 0. The van der Waals surface area contributed by atoms with Crippen LogP contribution in [0.25, 0.3) is 90.1 Å². The Bertz CT molecular complexity index is 3180. The van der Waals surface area contributed by atoms with Crippen molar-refractivity contribution in [3.63, 3.8) is 0 Å². The van der Waals surface area contributed by atoms with Gasteiger partial charge in [0.1, 0.15) is 0 Å². The summed E-state index contributed by atoms with van der Waals surface area (Å²) >= 11 is 0. The molecule has 2 unspecified atom stereocenters. The molecule has 3 heterocycles. The van der Waals surface area contributed by atoms with E-state index in [0.29, 0.717) is 11.7 Å². The van der Waals surface area contributed by atoms with Crippen molar-refractivity contribution in [2.75, 3.05) is 0 Å². The first-order chi connectivity index (χ1) is 28.2. The Labute approximate surface area is 331 Å². The fraction of sp³-hybridized carbons (Fsp3) is 0.0566. The summed E-state index contributed by atoms with van der Waals surface area (Å²) in [5, 5.41) is 6.37. The van der Waals surface area contributed by atoms with E-state index in [1.165, 1.54) is 54.5 Å². The largest absolute Gasteiger partial charge is 0.310 e. The molecule has 4 heteroatoms.